The summed E-state index contributed by atoms with van der Waals surface area (Å²) in [6.45, 7) is 2.25. The molecule has 0 saturated heterocycles. The number of allylic oxidation sites excluding steroid dienone is 2. The lowest BCUT2D eigenvalue weighted by molar-refractivity contribution is 0.673. The van der Waals surface area contributed by atoms with E-state index in [0.29, 0.717) is 0 Å². The molecule has 0 atom stereocenters. The van der Waals surface area contributed by atoms with Gasteiger partial charge in [0.25, 0.3) is 0 Å². The maximum absolute atomic E-state index is 5.57. The third kappa shape index (κ3) is 12.0. The highest BCUT2D eigenvalue weighted by Gasteiger charge is 1.85. The van der Waals surface area contributed by atoms with Gasteiger partial charge in [0.15, 0.2) is 0 Å². The second-order valence-corrected chi connectivity index (χ2v) is 3.88. The summed E-state index contributed by atoms with van der Waals surface area (Å²) in [4.78, 5) is 0. The minimum Gasteiger partial charge on any atom is -0.127 e. The van der Waals surface area contributed by atoms with E-state index < -0.39 is 0 Å². The zero-order valence-electron chi connectivity index (χ0n) is 8.90. The lowest BCUT2D eigenvalue weighted by atomic mass is 10.1. The monoisotopic (exact) mass is 202 g/mol. The van der Waals surface area contributed by atoms with Crippen molar-refractivity contribution in [3.63, 3.8) is 0 Å². The summed E-state index contributed by atoms with van der Waals surface area (Å²) in [5.41, 5.74) is 0. The van der Waals surface area contributed by atoms with Crippen LogP contribution in [0.3, 0.4) is 0 Å². The van der Waals surface area contributed by atoms with Crippen molar-refractivity contribution in [1.82, 2.24) is 0 Å². The van der Waals surface area contributed by atoms with E-state index in [-0.39, 0.29) is 0 Å². The van der Waals surface area contributed by atoms with Crippen molar-refractivity contribution in [2.75, 3.05) is 5.88 Å². The van der Waals surface area contributed by atoms with Crippen LogP contribution in [0.2, 0.25) is 0 Å². The van der Waals surface area contributed by atoms with E-state index in [1.54, 1.807) is 0 Å². The van der Waals surface area contributed by atoms with Crippen LogP contribution in [-0.2, 0) is 0 Å². The minimum absolute atomic E-state index is 0.810. The predicted molar refractivity (Wildman–Crippen MR) is 62.5 cm³/mol. The molecule has 1 heteroatoms. The summed E-state index contributed by atoms with van der Waals surface area (Å²) in [5, 5.41) is 0. The van der Waals surface area contributed by atoms with Gasteiger partial charge in [-0.3, -0.25) is 0 Å². The first-order chi connectivity index (χ1) is 6.41. The molecule has 0 spiro atoms. The first kappa shape index (κ1) is 13.0. The van der Waals surface area contributed by atoms with Gasteiger partial charge in [0.05, 0.1) is 0 Å². The molecule has 0 aliphatic carbocycles. The van der Waals surface area contributed by atoms with Crippen LogP contribution < -0.4 is 0 Å². The molecule has 0 N–H and O–H groups in total. The fourth-order valence-corrected chi connectivity index (χ4v) is 1.47. The lowest BCUT2D eigenvalue weighted by Gasteiger charge is -1.94. The Balaban J connectivity index is 2.95. The van der Waals surface area contributed by atoms with Crippen LogP contribution in [0.15, 0.2) is 12.2 Å². The fraction of sp³-hybridized carbons (Fsp3) is 0.833. The first-order valence-corrected chi connectivity index (χ1v) is 6.16. The minimum atomic E-state index is 0.810. The Bertz CT molecular complexity index is 108. The zero-order chi connectivity index (χ0) is 9.78. The molecule has 0 aliphatic heterocycles. The van der Waals surface area contributed by atoms with E-state index >= 15 is 0 Å². The molecule has 0 aromatic rings. The van der Waals surface area contributed by atoms with Crippen molar-refractivity contribution in [3.05, 3.63) is 12.2 Å². The molecule has 0 radical (unpaired) electrons. The van der Waals surface area contributed by atoms with Gasteiger partial charge in [-0.15, -0.1) is 11.6 Å². The number of rotatable bonds is 9. The predicted octanol–water partition coefficient (Wildman–Crippen LogP) is 4.92. The van der Waals surface area contributed by atoms with Gasteiger partial charge in [-0.1, -0.05) is 38.3 Å². The third-order valence-corrected chi connectivity index (χ3v) is 2.41. The molecule has 0 rings (SSSR count). The summed E-state index contributed by atoms with van der Waals surface area (Å²) in [5.74, 6) is 0.810. The van der Waals surface area contributed by atoms with Gasteiger partial charge in [0, 0.05) is 5.88 Å². The van der Waals surface area contributed by atoms with E-state index in [1.165, 1.54) is 44.9 Å². The fourth-order valence-electron chi connectivity index (χ4n) is 1.28. The molecule has 0 nitrogen and oxygen atoms in total. The summed E-state index contributed by atoms with van der Waals surface area (Å²) in [6.07, 6.45) is 15.0. The Morgan fingerprint density at radius 3 is 2.00 bits per heavy atom. The summed E-state index contributed by atoms with van der Waals surface area (Å²) < 4.78 is 0. The van der Waals surface area contributed by atoms with Crippen LogP contribution in [0, 0.1) is 0 Å². The standard InChI is InChI=1S/C12H23Cl/c1-2-3-4-5-6-7-8-9-10-11-12-13/h7-8H,2-6,9-12H2,1H3/b8-7+. The molecular weight excluding hydrogens is 180 g/mol. The van der Waals surface area contributed by atoms with Crippen LogP contribution >= 0.6 is 11.6 Å². The number of halogens is 1. The molecule has 0 aromatic carbocycles. The average Bonchev–Trinajstić information content (AvgIpc) is 2.16. The molecular formula is C12H23Cl. The summed E-state index contributed by atoms with van der Waals surface area (Å²) >= 11 is 5.57. The molecule has 0 amide bonds. The van der Waals surface area contributed by atoms with Crippen LogP contribution in [0.5, 0.6) is 0 Å². The van der Waals surface area contributed by atoms with Crippen LogP contribution in [0.4, 0.5) is 0 Å². The highest BCUT2D eigenvalue weighted by Crippen LogP contribution is 2.04. The van der Waals surface area contributed by atoms with Crippen LogP contribution in [-0.4, -0.2) is 5.88 Å². The highest BCUT2D eigenvalue weighted by molar-refractivity contribution is 6.17. The Hall–Kier alpha value is 0.0300. The van der Waals surface area contributed by atoms with E-state index in [9.17, 15) is 0 Å². The third-order valence-electron chi connectivity index (χ3n) is 2.15. The summed E-state index contributed by atoms with van der Waals surface area (Å²) in [7, 11) is 0. The number of alkyl halides is 1. The van der Waals surface area contributed by atoms with Crippen molar-refractivity contribution in [2.24, 2.45) is 0 Å². The van der Waals surface area contributed by atoms with E-state index in [0.717, 1.165) is 12.3 Å². The largest absolute Gasteiger partial charge is 0.127 e. The SMILES string of the molecule is CCCCCC/C=C/CCCCCl. The van der Waals surface area contributed by atoms with Crippen molar-refractivity contribution in [3.8, 4) is 0 Å². The average molecular weight is 203 g/mol. The van der Waals surface area contributed by atoms with E-state index in [2.05, 4.69) is 19.1 Å². The lowest BCUT2D eigenvalue weighted by Crippen LogP contribution is -1.76. The quantitative estimate of drug-likeness (QED) is 0.283. The Morgan fingerprint density at radius 2 is 1.46 bits per heavy atom. The smallest absolute Gasteiger partial charge is 0.0223 e. The van der Waals surface area contributed by atoms with Gasteiger partial charge in [0.2, 0.25) is 0 Å². The van der Waals surface area contributed by atoms with E-state index in [1.807, 2.05) is 0 Å². The van der Waals surface area contributed by atoms with Gasteiger partial charge in [-0.05, 0) is 32.1 Å². The maximum Gasteiger partial charge on any atom is 0.0223 e. The highest BCUT2D eigenvalue weighted by atomic mass is 35.5. The second-order valence-electron chi connectivity index (χ2n) is 3.51. The van der Waals surface area contributed by atoms with Crippen LogP contribution in [0.1, 0.15) is 58.3 Å². The Labute approximate surface area is 88.4 Å². The number of hydrogen-bond donors (Lipinski definition) is 0. The van der Waals surface area contributed by atoms with Gasteiger partial charge in [-0.25, -0.2) is 0 Å². The topological polar surface area (TPSA) is 0 Å². The van der Waals surface area contributed by atoms with E-state index in [4.69, 9.17) is 11.6 Å². The second kappa shape index (κ2) is 12.0. The van der Waals surface area contributed by atoms with Gasteiger partial charge >= 0.3 is 0 Å². The molecule has 0 fully saturated rings. The Kier molecular flexibility index (Phi) is 12.1. The van der Waals surface area contributed by atoms with Gasteiger partial charge in [-0.2, -0.15) is 0 Å². The normalized spacial score (nSPS) is 11.2. The molecule has 78 valence electrons. The van der Waals surface area contributed by atoms with Gasteiger partial charge in [0.1, 0.15) is 0 Å². The first-order valence-electron chi connectivity index (χ1n) is 5.62. The van der Waals surface area contributed by atoms with Crippen molar-refractivity contribution in [1.29, 1.82) is 0 Å². The van der Waals surface area contributed by atoms with Gasteiger partial charge < -0.3 is 0 Å². The molecule has 13 heavy (non-hydrogen) atoms. The molecule has 0 aromatic heterocycles. The zero-order valence-corrected chi connectivity index (χ0v) is 9.65. The van der Waals surface area contributed by atoms with Crippen molar-refractivity contribution in [2.45, 2.75) is 58.3 Å². The molecule has 0 heterocycles. The molecule has 0 saturated carbocycles. The number of hydrogen-bond acceptors (Lipinski definition) is 0. The van der Waals surface area contributed by atoms with Crippen molar-refractivity contribution < 1.29 is 0 Å². The summed E-state index contributed by atoms with van der Waals surface area (Å²) in [6, 6.07) is 0. The molecule has 0 unspecified atom stereocenters. The maximum atomic E-state index is 5.57. The molecule has 0 bridgehead atoms. The number of unbranched alkanes of at least 4 members (excludes halogenated alkanes) is 6. The Morgan fingerprint density at radius 1 is 0.846 bits per heavy atom. The van der Waals surface area contributed by atoms with Crippen LogP contribution in [0.25, 0.3) is 0 Å². The molecule has 0 aliphatic rings. The van der Waals surface area contributed by atoms with Crippen molar-refractivity contribution >= 4 is 11.6 Å².